The standard InChI is InChI=1S/C25H31Cl/c1-15-9-20(21-11-16(2)23(26)22(21)10-15)17-12-18(24(3,4)5)14-19(13-17)25(6,7)8/h9-14,23H,1-8H3. The van der Waals surface area contributed by atoms with Gasteiger partial charge in [0.1, 0.15) is 0 Å². The fourth-order valence-electron chi connectivity index (χ4n) is 3.63. The first kappa shape index (κ1) is 19.2. The fraction of sp³-hybridized carbons (Fsp3) is 0.440. The first-order chi connectivity index (χ1) is 11.9. The molecule has 1 aliphatic carbocycles. The summed E-state index contributed by atoms with van der Waals surface area (Å²) >= 11 is 6.66. The van der Waals surface area contributed by atoms with Gasteiger partial charge in [-0.25, -0.2) is 0 Å². The molecule has 0 bridgehead atoms. The Morgan fingerprint density at radius 3 is 1.81 bits per heavy atom. The van der Waals surface area contributed by atoms with Crippen molar-refractivity contribution in [2.45, 2.75) is 71.6 Å². The van der Waals surface area contributed by atoms with Gasteiger partial charge < -0.3 is 0 Å². The Morgan fingerprint density at radius 2 is 1.31 bits per heavy atom. The third-order valence-electron chi connectivity index (χ3n) is 5.38. The lowest BCUT2D eigenvalue weighted by atomic mass is 9.78. The van der Waals surface area contributed by atoms with Gasteiger partial charge in [0, 0.05) is 0 Å². The number of hydrogen-bond acceptors (Lipinski definition) is 0. The smallest absolute Gasteiger partial charge is 0.0802 e. The molecule has 138 valence electrons. The van der Waals surface area contributed by atoms with Gasteiger partial charge in [-0.05, 0) is 58.1 Å². The van der Waals surface area contributed by atoms with E-state index in [0.29, 0.717) is 0 Å². The third-order valence-corrected chi connectivity index (χ3v) is 5.96. The highest BCUT2D eigenvalue weighted by Gasteiger charge is 2.26. The number of fused-ring (bicyclic) bond motifs is 1. The van der Waals surface area contributed by atoms with Crippen molar-refractivity contribution in [3.05, 3.63) is 63.7 Å². The van der Waals surface area contributed by atoms with Crippen LogP contribution in [0.25, 0.3) is 17.2 Å². The van der Waals surface area contributed by atoms with Crippen molar-refractivity contribution in [1.29, 1.82) is 0 Å². The molecular formula is C25H31Cl. The summed E-state index contributed by atoms with van der Waals surface area (Å²) in [6, 6.07) is 11.7. The molecule has 2 aromatic rings. The Labute approximate surface area is 164 Å². The maximum Gasteiger partial charge on any atom is 0.0802 e. The highest BCUT2D eigenvalue weighted by molar-refractivity contribution is 6.24. The Morgan fingerprint density at radius 1 is 0.769 bits per heavy atom. The van der Waals surface area contributed by atoms with Gasteiger partial charge in [-0.1, -0.05) is 89.1 Å². The lowest BCUT2D eigenvalue weighted by molar-refractivity contribution is 0.569. The molecular weight excluding hydrogens is 336 g/mol. The molecule has 0 saturated heterocycles. The van der Waals surface area contributed by atoms with Gasteiger partial charge in [-0.2, -0.15) is 0 Å². The van der Waals surface area contributed by atoms with Gasteiger partial charge in [0.05, 0.1) is 5.38 Å². The van der Waals surface area contributed by atoms with Crippen molar-refractivity contribution in [2.24, 2.45) is 0 Å². The average Bonchev–Trinajstić information content (AvgIpc) is 2.80. The van der Waals surface area contributed by atoms with Crippen molar-refractivity contribution >= 4 is 17.7 Å². The number of alkyl halides is 1. The van der Waals surface area contributed by atoms with Crippen LogP contribution in [0.5, 0.6) is 0 Å². The average molecular weight is 367 g/mol. The number of halogens is 1. The zero-order chi connectivity index (χ0) is 19.4. The van der Waals surface area contributed by atoms with Gasteiger partial charge in [0.2, 0.25) is 0 Å². The van der Waals surface area contributed by atoms with Crippen LogP contribution in [0.2, 0.25) is 0 Å². The highest BCUT2D eigenvalue weighted by atomic mass is 35.5. The van der Waals surface area contributed by atoms with E-state index >= 15 is 0 Å². The van der Waals surface area contributed by atoms with E-state index in [1.54, 1.807) is 0 Å². The summed E-state index contributed by atoms with van der Waals surface area (Å²) in [5.41, 5.74) is 10.6. The predicted molar refractivity (Wildman–Crippen MR) is 116 cm³/mol. The number of aryl methyl sites for hydroxylation is 1. The van der Waals surface area contributed by atoms with Crippen molar-refractivity contribution in [3.8, 4) is 11.1 Å². The van der Waals surface area contributed by atoms with Crippen molar-refractivity contribution in [3.63, 3.8) is 0 Å². The molecule has 2 aromatic carbocycles. The van der Waals surface area contributed by atoms with Crippen LogP contribution < -0.4 is 0 Å². The summed E-state index contributed by atoms with van der Waals surface area (Å²) in [4.78, 5) is 0. The molecule has 0 spiro atoms. The molecule has 0 aromatic heterocycles. The highest BCUT2D eigenvalue weighted by Crippen LogP contribution is 2.45. The van der Waals surface area contributed by atoms with Crippen LogP contribution in [-0.2, 0) is 10.8 Å². The minimum Gasteiger partial charge on any atom is -0.113 e. The van der Waals surface area contributed by atoms with Gasteiger partial charge >= 0.3 is 0 Å². The number of rotatable bonds is 1. The molecule has 0 aliphatic heterocycles. The molecule has 0 fully saturated rings. The van der Waals surface area contributed by atoms with E-state index in [1.807, 2.05) is 0 Å². The van der Waals surface area contributed by atoms with E-state index in [4.69, 9.17) is 11.6 Å². The summed E-state index contributed by atoms with van der Waals surface area (Å²) in [6.07, 6.45) is 2.27. The van der Waals surface area contributed by atoms with Crippen molar-refractivity contribution in [2.75, 3.05) is 0 Å². The van der Waals surface area contributed by atoms with Crippen LogP contribution in [0.4, 0.5) is 0 Å². The minimum absolute atomic E-state index is 0.00321. The maximum absolute atomic E-state index is 6.66. The van der Waals surface area contributed by atoms with Crippen molar-refractivity contribution in [1.82, 2.24) is 0 Å². The van der Waals surface area contributed by atoms with Gasteiger partial charge in [-0.15, -0.1) is 11.6 Å². The second kappa shape index (κ2) is 6.27. The molecule has 26 heavy (non-hydrogen) atoms. The zero-order valence-corrected chi connectivity index (χ0v) is 18.2. The topological polar surface area (TPSA) is 0 Å². The molecule has 1 atom stereocenters. The number of hydrogen-bond donors (Lipinski definition) is 0. The summed E-state index contributed by atoms with van der Waals surface area (Å²) in [7, 11) is 0. The molecule has 1 aliphatic rings. The molecule has 0 nitrogen and oxygen atoms in total. The van der Waals surface area contributed by atoms with E-state index in [9.17, 15) is 0 Å². The largest absolute Gasteiger partial charge is 0.113 e. The van der Waals surface area contributed by atoms with E-state index in [-0.39, 0.29) is 16.2 Å². The van der Waals surface area contributed by atoms with Crippen LogP contribution >= 0.6 is 11.6 Å². The molecule has 0 N–H and O–H groups in total. The number of benzene rings is 2. The van der Waals surface area contributed by atoms with Crippen LogP contribution in [0.15, 0.2) is 35.9 Å². The van der Waals surface area contributed by atoms with E-state index < -0.39 is 0 Å². The normalized spacial score (nSPS) is 17.3. The lowest BCUT2D eigenvalue weighted by Crippen LogP contribution is -2.16. The molecule has 1 unspecified atom stereocenters. The Bertz CT molecular complexity index is 853. The summed E-state index contributed by atoms with van der Waals surface area (Å²) in [6.45, 7) is 18.0. The van der Waals surface area contributed by atoms with Crippen LogP contribution in [0, 0.1) is 6.92 Å². The first-order valence-electron chi connectivity index (χ1n) is 9.51. The Kier molecular flexibility index (Phi) is 4.64. The molecule has 0 saturated carbocycles. The quantitative estimate of drug-likeness (QED) is 0.449. The fourth-order valence-corrected chi connectivity index (χ4v) is 3.87. The second-order valence-corrected chi connectivity index (χ2v) is 10.3. The summed E-state index contributed by atoms with van der Waals surface area (Å²) < 4.78 is 0. The first-order valence-corrected chi connectivity index (χ1v) is 9.95. The lowest BCUT2D eigenvalue weighted by Gasteiger charge is -2.27. The van der Waals surface area contributed by atoms with Gasteiger partial charge in [-0.3, -0.25) is 0 Å². The van der Waals surface area contributed by atoms with Crippen LogP contribution in [-0.4, -0.2) is 0 Å². The van der Waals surface area contributed by atoms with E-state index in [2.05, 4.69) is 91.8 Å². The summed E-state index contributed by atoms with van der Waals surface area (Å²) in [5, 5.41) is -0.00321. The van der Waals surface area contributed by atoms with E-state index in [0.717, 1.165) is 0 Å². The van der Waals surface area contributed by atoms with Crippen LogP contribution in [0.3, 0.4) is 0 Å². The Balaban J connectivity index is 2.30. The van der Waals surface area contributed by atoms with Crippen LogP contribution in [0.1, 0.15) is 81.7 Å². The molecule has 0 radical (unpaired) electrons. The second-order valence-electron chi connectivity index (χ2n) is 9.87. The third kappa shape index (κ3) is 3.49. The number of allylic oxidation sites excluding steroid dienone is 1. The molecule has 0 amide bonds. The minimum atomic E-state index is -0.00321. The monoisotopic (exact) mass is 366 g/mol. The van der Waals surface area contributed by atoms with Crippen molar-refractivity contribution < 1.29 is 0 Å². The maximum atomic E-state index is 6.66. The molecule has 1 heteroatoms. The summed E-state index contributed by atoms with van der Waals surface area (Å²) in [5.74, 6) is 0. The van der Waals surface area contributed by atoms with Gasteiger partial charge in [0.25, 0.3) is 0 Å². The zero-order valence-electron chi connectivity index (χ0n) is 17.4. The predicted octanol–water partition coefficient (Wildman–Crippen LogP) is 7.95. The SMILES string of the molecule is CC1=Cc2c(-c3cc(C(C)(C)C)cc(C(C)(C)C)c3)cc(C)cc2C1Cl. The molecule has 0 heterocycles. The van der Waals surface area contributed by atoms with Gasteiger partial charge in [0.15, 0.2) is 0 Å². The molecule has 3 rings (SSSR count). The Hall–Kier alpha value is -1.53. The van der Waals surface area contributed by atoms with E-state index in [1.165, 1.54) is 44.5 Å².